The van der Waals surface area contributed by atoms with Gasteiger partial charge < -0.3 is 15.0 Å². The molecule has 0 aliphatic carbocycles. The van der Waals surface area contributed by atoms with Gasteiger partial charge in [0.1, 0.15) is 5.82 Å². The van der Waals surface area contributed by atoms with Crippen molar-refractivity contribution in [1.82, 2.24) is 14.4 Å². The minimum atomic E-state index is 0.545. The van der Waals surface area contributed by atoms with E-state index < -0.39 is 0 Å². The minimum absolute atomic E-state index is 0.545. The van der Waals surface area contributed by atoms with Crippen molar-refractivity contribution in [2.24, 2.45) is 0 Å². The predicted octanol–water partition coefficient (Wildman–Crippen LogP) is 2.71. The van der Waals surface area contributed by atoms with Crippen LogP contribution in [0.25, 0.3) is 5.65 Å². The molecule has 5 nitrogen and oxygen atoms in total. The second-order valence-corrected chi connectivity index (χ2v) is 5.76. The van der Waals surface area contributed by atoms with E-state index in [0.717, 1.165) is 36.8 Å². The molecule has 0 aromatic carbocycles. The fourth-order valence-corrected chi connectivity index (χ4v) is 1.96. The van der Waals surface area contributed by atoms with Gasteiger partial charge in [-0.2, -0.15) is 11.8 Å². The molecule has 1 atom stereocenters. The third-order valence-corrected chi connectivity index (χ3v) is 3.86. The average Bonchev–Trinajstić information content (AvgIpc) is 2.90. The molecule has 1 unspecified atom stereocenters. The maximum atomic E-state index is 4.60. The van der Waals surface area contributed by atoms with Gasteiger partial charge in [-0.25, -0.2) is 9.97 Å². The molecular formula is C13H21N5S. The van der Waals surface area contributed by atoms with Gasteiger partial charge >= 0.3 is 0 Å². The number of nitrogens with one attached hydrogen (secondary N) is 2. The van der Waals surface area contributed by atoms with E-state index in [4.69, 9.17) is 0 Å². The van der Waals surface area contributed by atoms with Crippen LogP contribution in [0.5, 0.6) is 0 Å². The lowest BCUT2D eigenvalue weighted by Gasteiger charge is -2.13. The molecule has 19 heavy (non-hydrogen) atoms. The zero-order chi connectivity index (χ0) is 13.7. The third-order valence-electron chi connectivity index (χ3n) is 2.89. The molecule has 0 spiro atoms. The summed E-state index contributed by atoms with van der Waals surface area (Å²) >= 11 is 1.84. The normalized spacial score (nSPS) is 12.6. The predicted molar refractivity (Wildman–Crippen MR) is 83.2 cm³/mol. The molecular weight excluding hydrogens is 258 g/mol. The second kappa shape index (κ2) is 6.65. The van der Waals surface area contributed by atoms with Crippen molar-refractivity contribution in [1.29, 1.82) is 0 Å². The van der Waals surface area contributed by atoms with Gasteiger partial charge in [-0.15, -0.1) is 0 Å². The summed E-state index contributed by atoms with van der Waals surface area (Å²) in [6, 6.07) is 0. The largest absolute Gasteiger partial charge is 0.369 e. The molecule has 0 aliphatic heterocycles. The molecule has 0 amide bonds. The Morgan fingerprint density at radius 2 is 2.26 bits per heavy atom. The Labute approximate surface area is 118 Å². The van der Waals surface area contributed by atoms with Gasteiger partial charge in [-0.1, -0.05) is 13.8 Å². The van der Waals surface area contributed by atoms with Gasteiger partial charge in [0.05, 0.1) is 6.20 Å². The van der Waals surface area contributed by atoms with Crippen LogP contribution in [0.15, 0.2) is 18.6 Å². The van der Waals surface area contributed by atoms with E-state index in [-0.39, 0.29) is 0 Å². The molecule has 2 N–H and O–H groups in total. The summed E-state index contributed by atoms with van der Waals surface area (Å²) < 4.78 is 2.00. The van der Waals surface area contributed by atoms with Crippen LogP contribution >= 0.6 is 11.8 Å². The fraction of sp³-hybridized carbons (Fsp3) is 0.538. The lowest BCUT2D eigenvalue weighted by atomic mass is 10.4. The van der Waals surface area contributed by atoms with Crippen molar-refractivity contribution in [2.75, 3.05) is 30.0 Å². The molecule has 0 aliphatic rings. The number of anilines is 2. The number of fused-ring (bicyclic) bond motifs is 1. The first-order valence-corrected chi connectivity index (χ1v) is 7.87. The minimum Gasteiger partial charge on any atom is -0.369 e. The first-order chi connectivity index (χ1) is 9.24. The van der Waals surface area contributed by atoms with Gasteiger partial charge in [0.25, 0.3) is 0 Å². The van der Waals surface area contributed by atoms with E-state index in [0.29, 0.717) is 5.25 Å². The van der Waals surface area contributed by atoms with Crippen LogP contribution in [0.1, 0.15) is 20.3 Å². The lowest BCUT2D eigenvalue weighted by Crippen LogP contribution is -2.15. The first kappa shape index (κ1) is 14.0. The Morgan fingerprint density at radius 3 is 3.00 bits per heavy atom. The standard InChI is InChI=1S/C13H21N5S/c1-4-5-14-11-9-18-7-6-15-13(18)12(17-11)16-8-10(2)19-3/h6-7,9-10,14H,4-5,8H2,1-3H3,(H,16,17). The first-order valence-electron chi connectivity index (χ1n) is 6.58. The number of rotatable bonds is 7. The number of aromatic nitrogens is 3. The Hall–Kier alpha value is -1.43. The van der Waals surface area contributed by atoms with Gasteiger partial charge in [0.15, 0.2) is 11.5 Å². The molecule has 104 valence electrons. The van der Waals surface area contributed by atoms with E-state index in [9.17, 15) is 0 Å². The summed E-state index contributed by atoms with van der Waals surface area (Å²) in [5, 5.41) is 7.24. The quantitative estimate of drug-likeness (QED) is 0.816. The van der Waals surface area contributed by atoms with Crippen LogP contribution in [0.4, 0.5) is 11.6 Å². The highest BCUT2D eigenvalue weighted by Gasteiger charge is 2.08. The maximum Gasteiger partial charge on any atom is 0.180 e. The third kappa shape index (κ3) is 3.53. The van der Waals surface area contributed by atoms with Crippen molar-refractivity contribution >= 4 is 29.0 Å². The van der Waals surface area contributed by atoms with Crippen LogP contribution in [0, 0.1) is 0 Å². The Bertz CT molecular complexity index is 525. The number of thioether (sulfide) groups is 1. The smallest absolute Gasteiger partial charge is 0.180 e. The van der Waals surface area contributed by atoms with Crippen LogP contribution < -0.4 is 10.6 Å². The second-order valence-electron chi connectivity index (χ2n) is 4.49. The highest BCUT2D eigenvalue weighted by atomic mass is 32.2. The summed E-state index contributed by atoms with van der Waals surface area (Å²) in [5.74, 6) is 1.72. The monoisotopic (exact) mass is 279 g/mol. The topological polar surface area (TPSA) is 54.2 Å². The van der Waals surface area contributed by atoms with Crippen molar-refractivity contribution in [3.05, 3.63) is 18.6 Å². The number of imidazole rings is 1. The molecule has 0 radical (unpaired) electrons. The Morgan fingerprint density at radius 1 is 1.42 bits per heavy atom. The van der Waals surface area contributed by atoms with Gasteiger partial charge in [-0.05, 0) is 12.7 Å². The lowest BCUT2D eigenvalue weighted by molar-refractivity contribution is 0.953. The van der Waals surface area contributed by atoms with E-state index >= 15 is 0 Å². The van der Waals surface area contributed by atoms with Crippen molar-refractivity contribution < 1.29 is 0 Å². The summed E-state index contributed by atoms with van der Waals surface area (Å²) in [7, 11) is 0. The highest BCUT2D eigenvalue weighted by Crippen LogP contribution is 2.17. The van der Waals surface area contributed by atoms with Gasteiger partial charge in [0, 0.05) is 30.7 Å². The molecule has 2 rings (SSSR count). The number of hydrogen-bond donors (Lipinski definition) is 2. The molecule has 0 saturated carbocycles. The molecule has 2 aromatic rings. The zero-order valence-electron chi connectivity index (χ0n) is 11.7. The molecule has 0 bridgehead atoms. The highest BCUT2D eigenvalue weighted by molar-refractivity contribution is 7.99. The van der Waals surface area contributed by atoms with Crippen LogP contribution in [0.3, 0.4) is 0 Å². The summed E-state index contributed by atoms with van der Waals surface area (Å²) in [5.41, 5.74) is 0.871. The SMILES string of the molecule is CCCNc1cn2ccnc2c(NCC(C)SC)n1. The van der Waals surface area contributed by atoms with E-state index in [2.05, 4.69) is 40.7 Å². The summed E-state index contributed by atoms with van der Waals surface area (Å²) in [6.07, 6.45) is 8.91. The fourth-order valence-electron chi connectivity index (χ4n) is 1.71. The molecule has 2 aromatic heterocycles. The van der Waals surface area contributed by atoms with Crippen LogP contribution in [0.2, 0.25) is 0 Å². The van der Waals surface area contributed by atoms with Crippen LogP contribution in [-0.2, 0) is 0 Å². The molecule has 2 heterocycles. The molecule has 6 heteroatoms. The average molecular weight is 279 g/mol. The zero-order valence-corrected chi connectivity index (χ0v) is 12.5. The van der Waals surface area contributed by atoms with Crippen molar-refractivity contribution in [2.45, 2.75) is 25.5 Å². The van der Waals surface area contributed by atoms with Crippen LogP contribution in [-0.4, -0.2) is 39.0 Å². The number of hydrogen-bond acceptors (Lipinski definition) is 5. The van der Waals surface area contributed by atoms with E-state index in [1.165, 1.54) is 0 Å². The number of nitrogens with zero attached hydrogens (tertiary/aromatic N) is 3. The summed E-state index contributed by atoms with van der Waals surface area (Å²) in [4.78, 5) is 8.95. The van der Waals surface area contributed by atoms with Crippen molar-refractivity contribution in [3.8, 4) is 0 Å². The van der Waals surface area contributed by atoms with E-state index in [1.54, 1.807) is 6.20 Å². The molecule has 0 saturated heterocycles. The molecule has 0 fully saturated rings. The van der Waals surface area contributed by atoms with E-state index in [1.807, 2.05) is 28.6 Å². The van der Waals surface area contributed by atoms with Crippen molar-refractivity contribution in [3.63, 3.8) is 0 Å². The Kier molecular flexibility index (Phi) is 4.90. The summed E-state index contributed by atoms with van der Waals surface area (Å²) in [6.45, 7) is 6.14. The van der Waals surface area contributed by atoms with Gasteiger partial charge in [0.2, 0.25) is 0 Å². The maximum absolute atomic E-state index is 4.60. The Balaban J connectivity index is 2.21. The van der Waals surface area contributed by atoms with Gasteiger partial charge in [-0.3, -0.25) is 0 Å².